The molecule has 1 aliphatic rings. The molecule has 3 rings (SSSR count). The molecular weight excluding hydrogens is 288 g/mol. The van der Waals surface area contributed by atoms with Crippen molar-refractivity contribution in [3.63, 3.8) is 0 Å². The summed E-state index contributed by atoms with van der Waals surface area (Å²) in [4.78, 5) is 24.6. The molecular formula is C15H15ClN4O. The number of hydrogen-bond acceptors (Lipinski definition) is 4. The van der Waals surface area contributed by atoms with Crippen molar-refractivity contribution < 1.29 is 4.79 Å². The van der Waals surface area contributed by atoms with Crippen LogP contribution in [0.4, 0.5) is 11.6 Å². The number of likely N-dealkylation sites (N-methyl/N-ethyl adjacent to an activating group) is 1. The Labute approximate surface area is 128 Å². The van der Waals surface area contributed by atoms with Gasteiger partial charge in [-0.3, -0.25) is 4.79 Å². The predicted octanol–water partition coefficient (Wildman–Crippen LogP) is 2.37. The van der Waals surface area contributed by atoms with Crippen molar-refractivity contribution in [2.75, 3.05) is 23.4 Å². The lowest BCUT2D eigenvalue weighted by molar-refractivity contribution is -0.118. The largest absolute Gasteiger partial charge is 0.332 e. The van der Waals surface area contributed by atoms with E-state index in [1.807, 2.05) is 30.1 Å². The molecule has 0 aliphatic carbocycles. The minimum absolute atomic E-state index is 0.0260. The number of carbonyl (C=O) groups is 1. The van der Waals surface area contributed by atoms with Gasteiger partial charge in [-0.1, -0.05) is 23.7 Å². The molecule has 6 heteroatoms. The Morgan fingerprint density at radius 2 is 1.95 bits per heavy atom. The lowest BCUT2D eigenvalue weighted by Crippen LogP contribution is -2.40. The molecule has 1 atom stereocenters. The van der Waals surface area contributed by atoms with Gasteiger partial charge in [-0.2, -0.15) is 0 Å². The maximum atomic E-state index is 12.6. The van der Waals surface area contributed by atoms with Gasteiger partial charge in [0, 0.05) is 26.0 Å². The second kappa shape index (κ2) is 5.69. The van der Waals surface area contributed by atoms with E-state index in [4.69, 9.17) is 11.6 Å². The second-order valence-electron chi connectivity index (χ2n) is 4.91. The van der Waals surface area contributed by atoms with Crippen LogP contribution in [0, 0.1) is 0 Å². The topological polar surface area (TPSA) is 49.3 Å². The minimum atomic E-state index is -0.260. The molecule has 108 valence electrons. The van der Waals surface area contributed by atoms with E-state index >= 15 is 0 Å². The number of amides is 1. The van der Waals surface area contributed by atoms with Gasteiger partial charge in [0.05, 0.1) is 10.7 Å². The maximum Gasteiger partial charge on any atom is 0.249 e. The number of nitrogens with zero attached hydrogens (tertiary/aromatic N) is 4. The van der Waals surface area contributed by atoms with Crippen molar-refractivity contribution in [2.24, 2.45) is 0 Å². The summed E-state index contributed by atoms with van der Waals surface area (Å²) in [5, 5.41) is 0.588. The highest BCUT2D eigenvalue weighted by atomic mass is 35.5. The Balaban J connectivity index is 1.83. The third-order valence-electron chi connectivity index (χ3n) is 3.66. The highest BCUT2D eigenvalue weighted by Crippen LogP contribution is 2.30. The highest BCUT2D eigenvalue weighted by molar-refractivity contribution is 6.34. The lowest BCUT2D eigenvalue weighted by Gasteiger charge is -2.24. The van der Waals surface area contributed by atoms with Gasteiger partial charge in [0.2, 0.25) is 11.9 Å². The third-order valence-corrected chi connectivity index (χ3v) is 3.98. The number of aromatic nitrogens is 2. The Bertz CT molecular complexity index is 649. The zero-order valence-corrected chi connectivity index (χ0v) is 12.4. The quantitative estimate of drug-likeness (QED) is 0.873. The molecule has 1 saturated heterocycles. The Morgan fingerprint density at radius 1 is 1.24 bits per heavy atom. The standard InChI is InChI=1S/C15H15ClN4O/c1-19(15-17-8-4-9-18-15)13-7-10-20(14(13)21)12-6-3-2-5-11(12)16/h2-6,8-9,13H,7,10H2,1H3/t13-/m0/s1. The first-order chi connectivity index (χ1) is 10.2. The van der Waals surface area contributed by atoms with Crippen molar-refractivity contribution in [1.82, 2.24) is 9.97 Å². The fraction of sp³-hybridized carbons (Fsp3) is 0.267. The molecule has 0 unspecified atom stereocenters. The summed E-state index contributed by atoms with van der Waals surface area (Å²) in [5.41, 5.74) is 0.758. The van der Waals surface area contributed by atoms with Gasteiger partial charge >= 0.3 is 0 Å². The summed E-state index contributed by atoms with van der Waals surface area (Å²) < 4.78 is 0. The number of rotatable bonds is 3. The van der Waals surface area contributed by atoms with Crippen molar-refractivity contribution in [3.8, 4) is 0 Å². The van der Waals surface area contributed by atoms with Crippen LogP contribution in [0.2, 0.25) is 5.02 Å². The molecule has 21 heavy (non-hydrogen) atoms. The van der Waals surface area contributed by atoms with E-state index in [2.05, 4.69) is 9.97 Å². The van der Waals surface area contributed by atoms with E-state index in [1.165, 1.54) is 0 Å². The fourth-order valence-corrected chi connectivity index (χ4v) is 2.78. The highest BCUT2D eigenvalue weighted by Gasteiger charge is 2.36. The summed E-state index contributed by atoms with van der Waals surface area (Å²) in [6, 6.07) is 8.88. The molecule has 0 spiro atoms. The summed E-state index contributed by atoms with van der Waals surface area (Å²) >= 11 is 6.18. The lowest BCUT2D eigenvalue weighted by atomic mass is 10.2. The third kappa shape index (κ3) is 2.56. The van der Waals surface area contributed by atoms with Crippen LogP contribution in [0.15, 0.2) is 42.7 Å². The first-order valence-electron chi connectivity index (χ1n) is 6.74. The smallest absolute Gasteiger partial charge is 0.249 e. The molecule has 2 aromatic rings. The predicted molar refractivity (Wildman–Crippen MR) is 82.6 cm³/mol. The molecule has 0 radical (unpaired) electrons. The SMILES string of the molecule is CN(c1ncccn1)[C@H]1CCN(c2ccccc2Cl)C1=O. The molecule has 1 amide bonds. The summed E-state index contributed by atoms with van der Waals surface area (Å²) in [7, 11) is 1.84. The van der Waals surface area contributed by atoms with Gasteiger partial charge in [-0.05, 0) is 24.6 Å². The summed E-state index contributed by atoms with van der Waals surface area (Å²) in [6.45, 7) is 0.643. The molecule has 1 fully saturated rings. The van der Waals surface area contributed by atoms with Crippen LogP contribution >= 0.6 is 11.6 Å². The van der Waals surface area contributed by atoms with Gasteiger partial charge in [0.1, 0.15) is 6.04 Å². The van der Waals surface area contributed by atoms with Crippen LogP contribution in [0.3, 0.4) is 0 Å². The molecule has 0 N–H and O–H groups in total. The Hall–Kier alpha value is -2.14. The molecule has 1 aromatic carbocycles. The zero-order valence-electron chi connectivity index (χ0n) is 11.6. The number of halogens is 1. The first-order valence-corrected chi connectivity index (χ1v) is 7.12. The average molecular weight is 303 g/mol. The van der Waals surface area contributed by atoms with Crippen LogP contribution in [-0.4, -0.2) is 35.5 Å². The molecule has 2 heterocycles. The average Bonchev–Trinajstić information content (AvgIpc) is 2.89. The van der Waals surface area contributed by atoms with Crippen molar-refractivity contribution in [2.45, 2.75) is 12.5 Å². The van der Waals surface area contributed by atoms with E-state index in [0.717, 1.165) is 12.1 Å². The van der Waals surface area contributed by atoms with E-state index in [1.54, 1.807) is 29.4 Å². The van der Waals surface area contributed by atoms with Gasteiger partial charge in [-0.15, -0.1) is 0 Å². The van der Waals surface area contributed by atoms with E-state index in [-0.39, 0.29) is 11.9 Å². The molecule has 1 aliphatic heterocycles. The van der Waals surface area contributed by atoms with E-state index in [9.17, 15) is 4.79 Å². The van der Waals surface area contributed by atoms with Crippen LogP contribution in [0.1, 0.15) is 6.42 Å². The molecule has 1 aromatic heterocycles. The van der Waals surface area contributed by atoms with Gasteiger partial charge in [0.25, 0.3) is 0 Å². The first kappa shape index (κ1) is 13.8. The summed E-state index contributed by atoms with van der Waals surface area (Å²) in [5.74, 6) is 0.579. The number of anilines is 2. The van der Waals surface area contributed by atoms with Gasteiger partial charge in [-0.25, -0.2) is 9.97 Å². The van der Waals surface area contributed by atoms with E-state index < -0.39 is 0 Å². The van der Waals surface area contributed by atoms with Crippen LogP contribution in [0.25, 0.3) is 0 Å². The second-order valence-corrected chi connectivity index (χ2v) is 5.31. The molecule has 0 bridgehead atoms. The number of carbonyl (C=O) groups excluding carboxylic acids is 1. The van der Waals surface area contributed by atoms with E-state index in [0.29, 0.717) is 17.5 Å². The van der Waals surface area contributed by atoms with Crippen LogP contribution in [0.5, 0.6) is 0 Å². The number of para-hydroxylation sites is 1. The van der Waals surface area contributed by atoms with Crippen molar-refractivity contribution in [1.29, 1.82) is 0 Å². The Morgan fingerprint density at radius 3 is 2.67 bits per heavy atom. The normalized spacial score (nSPS) is 18.1. The zero-order chi connectivity index (χ0) is 14.8. The van der Waals surface area contributed by atoms with Crippen LogP contribution < -0.4 is 9.80 Å². The fourth-order valence-electron chi connectivity index (χ4n) is 2.55. The molecule has 5 nitrogen and oxygen atoms in total. The maximum absolute atomic E-state index is 12.6. The minimum Gasteiger partial charge on any atom is -0.332 e. The van der Waals surface area contributed by atoms with Crippen molar-refractivity contribution >= 4 is 29.1 Å². The van der Waals surface area contributed by atoms with Gasteiger partial charge in [0.15, 0.2) is 0 Å². The van der Waals surface area contributed by atoms with Crippen molar-refractivity contribution in [3.05, 3.63) is 47.7 Å². The summed E-state index contributed by atoms with van der Waals surface area (Å²) in [6.07, 6.45) is 4.06. The van der Waals surface area contributed by atoms with Gasteiger partial charge < -0.3 is 9.80 Å². The van der Waals surface area contributed by atoms with Crippen LogP contribution in [-0.2, 0) is 4.79 Å². The number of benzene rings is 1. The number of hydrogen-bond donors (Lipinski definition) is 0. The Kier molecular flexibility index (Phi) is 3.75. The molecule has 0 saturated carbocycles. The monoisotopic (exact) mass is 302 g/mol.